The highest BCUT2D eigenvalue weighted by molar-refractivity contribution is 7.99. The number of nitrogens with one attached hydrogen (secondary N) is 1. The van der Waals surface area contributed by atoms with Gasteiger partial charge >= 0.3 is 0 Å². The van der Waals surface area contributed by atoms with E-state index in [0.717, 1.165) is 6.42 Å². The molecule has 0 unspecified atom stereocenters. The van der Waals surface area contributed by atoms with Crippen molar-refractivity contribution < 1.29 is 4.79 Å². The van der Waals surface area contributed by atoms with Crippen LogP contribution in [0.15, 0.2) is 29.4 Å². The minimum absolute atomic E-state index is 0.0509. The number of hydrogen-bond acceptors (Lipinski definition) is 7. The molecule has 0 atom stereocenters. The molecule has 0 saturated carbocycles. The molecule has 0 fully saturated rings. The van der Waals surface area contributed by atoms with Gasteiger partial charge in [-0.3, -0.25) is 4.79 Å². The topological polar surface area (TPSA) is 120 Å². The first-order valence-corrected chi connectivity index (χ1v) is 7.74. The Morgan fingerprint density at radius 2 is 1.86 bits per heavy atom. The summed E-state index contributed by atoms with van der Waals surface area (Å²) in [4.78, 5) is 23.3. The molecule has 0 aliphatic carbocycles. The third-order valence-electron chi connectivity index (χ3n) is 2.96. The summed E-state index contributed by atoms with van der Waals surface area (Å²) in [6.45, 7) is 2.65. The van der Waals surface area contributed by atoms with E-state index >= 15 is 0 Å². The van der Waals surface area contributed by atoms with E-state index in [1.165, 1.54) is 22.9 Å². The van der Waals surface area contributed by atoms with E-state index in [4.69, 9.17) is 11.5 Å². The van der Waals surface area contributed by atoms with Gasteiger partial charge in [0.25, 0.3) is 0 Å². The number of benzene rings is 1. The van der Waals surface area contributed by atoms with Crippen LogP contribution in [0.5, 0.6) is 0 Å². The summed E-state index contributed by atoms with van der Waals surface area (Å²) in [5.74, 6) is 0.220. The largest absolute Gasteiger partial charge is 0.368 e. The van der Waals surface area contributed by atoms with Gasteiger partial charge in [0.1, 0.15) is 0 Å². The molecule has 1 amide bonds. The van der Waals surface area contributed by atoms with Gasteiger partial charge in [-0.15, -0.1) is 0 Å². The van der Waals surface area contributed by atoms with E-state index in [1.807, 2.05) is 12.1 Å². The Morgan fingerprint density at radius 1 is 1.18 bits per heavy atom. The summed E-state index contributed by atoms with van der Waals surface area (Å²) < 4.78 is 0. The molecule has 5 N–H and O–H groups in total. The minimum Gasteiger partial charge on any atom is -0.368 e. The number of nitrogens with two attached hydrogens (primary N) is 2. The first-order chi connectivity index (χ1) is 10.5. The van der Waals surface area contributed by atoms with Crippen molar-refractivity contribution in [3.05, 3.63) is 35.4 Å². The van der Waals surface area contributed by atoms with Crippen LogP contribution < -0.4 is 16.8 Å². The number of hydrogen-bond donors (Lipinski definition) is 3. The molecule has 2 aromatic rings. The normalized spacial score (nSPS) is 10.4. The lowest BCUT2D eigenvalue weighted by Gasteiger charge is -2.07. The molecule has 1 aromatic carbocycles. The number of thioether (sulfide) groups is 1. The lowest BCUT2D eigenvalue weighted by atomic mass is 10.1. The maximum absolute atomic E-state index is 11.8. The molecular weight excluding hydrogens is 300 g/mol. The third-order valence-corrected chi connectivity index (χ3v) is 3.81. The first-order valence-electron chi connectivity index (χ1n) is 6.75. The van der Waals surface area contributed by atoms with Gasteiger partial charge in [0.2, 0.25) is 17.8 Å². The highest BCUT2D eigenvalue weighted by Gasteiger charge is 2.07. The van der Waals surface area contributed by atoms with Crippen LogP contribution in [0.1, 0.15) is 11.1 Å². The quantitative estimate of drug-likeness (QED) is 0.674. The molecule has 7 nitrogen and oxygen atoms in total. The van der Waals surface area contributed by atoms with Crippen molar-refractivity contribution in [1.82, 2.24) is 20.3 Å². The average Bonchev–Trinajstić information content (AvgIpc) is 2.46. The highest BCUT2D eigenvalue weighted by atomic mass is 32.2. The zero-order chi connectivity index (χ0) is 15.9. The predicted molar refractivity (Wildman–Crippen MR) is 87.3 cm³/mol. The standard InChI is InChI=1S/C14H18N6OS/c1-9-4-2-3-5-10(9)6-7-17-11(21)8-22-14-19-12(15)18-13(16)20-14/h2-5H,6-8H2,1H3,(H,17,21)(H4,15,16,18,19,20). The number of rotatable bonds is 6. The van der Waals surface area contributed by atoms with Crippen LogP contribution in [-0.2, 0) is 11.2 Å². The zero-order valence-electron chi connectivity index (χ0n) is 12.2. The number of anilines is 2. The average molecular weight is 318 g/mol. The Hall–Kier alpha value is -2.35. The van der Waals surface area contributed by atoms with Crippen LogP contribution >= 0.6 is 11.8 Å². The molecule has 1 heterocycles. The number of amides is 1. The molecule has 116 valence electrons. The lowest BCUT2D eigenvalue weighted by Crippen LogP contribution is -2.27. The molecule has 0 spiro atoms. The Balaban J connectivity index is 1.75. The summed E-state index contributed by atoms with van der Waals surface area (Å²) in [5.41, 5.74) is 13.4. The van der Waals surface area contributed by atoms with E-state index in [9.17, 15) is 4.79 Å². The fourth-order valence-corrected chi connectivity index (χ4v) is 2.54. The molecule has 0 aliphatic rings. The number of carbonyl (C=O) groups is 1. The molecule has 0 bridgehead atoms. The smallest absolute Gasteiger partial charge is 0.230 e. The summed E-state index contributed by atoms with van der Waals surface area (Å²) >= 11 is 1.17. The summed E-state index contributed by atoms with van der Waals surface area (Å²) in [7, 11) is 0. The fraction of sp³-hybridized carbons (Fsp3) is 0.286. The zero-order valence-corrected chi connectivity index (χ0v) is 13.1. The summed E-state index contributed by atoms with van der Waals surface area (Å²) in [6, 6.07) is 8.12. The van der Waals surface area contributed by atoms with Crippen LogP contribution in [0.4, 0.5) is 11.9 Å². The Labute approximate surface area is 132 Å². The van der Waals surface area contributed by atoms with Gasteiger partial charge < -0.3 is 16.8 Å². The van der Waals surface area contributed by atoms with Crippen molar-refractivity contribution >= 4 is 29.6 Å². The molecule has 22 heavy (non-hydrogen) atoms. The first kappa shape index (κ1) is 16.0. The van der Waals surface area contributed by atoms with E-state index in [1.54, 1.807) is 0 Å². The minimum atomic E-state index is -0.0869. The summed E-state index contributed by atoms with van der Waals surface area (Å²) in [6.07, 6.45) is 0.800. The SMILES string of the molecule is Cc1ccccc1CCNC(=O)CSc1nc(N)nc(N)n1. The molecule has 2 rings (SSSR count). The summed E-state index contributed by atoms with van der Waals surface area (Å²) in [5, 5.41) is 3.21. The number of aromatic nitrogens is 3. The predicted octanol–water partition coefficient (Wildman–Crippen LogP) is 0.795. The lowest BCUT2D eigenvalue weighted by molar-refractivity contribution is -0.118. The van der Waals surface area contributed by atoms with Gasteiger partial charge in [0, 0.05) is 6.54 Å². The molecule has 8 heteroatoms. The van der Waals surface area contributed by atoms with Crippen LogP contribution in [0, 0.1) is 6.92 Å². The second-order valence-corrected chi connectivity index (χ2v) is 5.59. The third kappa shape index (κ3) is 4.88. The van der Waals surface area contributed by atoms with Gasteiger partial charge in [-0.2, -0.15) is 15.0 Å². The second kappa shape index (κ2) is 7.60. The maximum atomic E-state index is 11.8. The van der Waals surface area contributed by atoms with Gasteiger partial charge in [-0.05, 0) is 24.5 Å². The van der Waals surface area contributed by atoms with Gasteiger partial charge in [0.05, 0.1) is 5.75 Å². The van der Waals surface area contributed by atoms with E-state index in [-0.39, 0.29) is 23.6 Å². The second-order valence-electron chi connectivity index (χ2n) is 4.65. The van der Waals surface area contributed by atoms with E-state index in [0.29, 0.717) is 11.7 Å². The van der Waals surface area contributed by atoms with Crippen molar-refractivity contribution in [3.63, 3.8) is 0 Å². The van der Waals surface area contributed by atoms with Crippen LogP contribution in [0.2, 0.25) is 0 Å². The van der Waals surface area contributed by atoms with Gasteiger partial charge in [-0.1, -0.05) is 36.0 Å². The van der Waals surface area contributed by atoms with Crippen molar-refractivity contribution in [1.29, 1.82) is 0 Å². The maximum Gasteiger partial charge on any atom is 0.230 e. The molecule has 0 radical (unpaired) electrons. The monoisotopic (exact) mass is 318 g/mol. The van der Waals surface area contributed by atoms with Gasteiger partial charge in [0.15, 0.2) is 5.16 Å². The highest BCUT2D eigenvalue weighted by Crippen LogP contribution is 2.13. The molecule has 0 saturated heterocycles. The van der Waals surface area contributed by atoms with Crippen molar-refractivity contribution in [2.24, 2.45) is 0 Å². The van der Waals surface area contributed by atoms with E-state index < -0.39 is 0 Å². The molecular formula is C14H18N6OS. The Bertz CT molecular complexity index is 643. The number of carbonyl (C=O) groups excluding carboxylic acids is 1. The number of aryl methyl sites for hydroxylation is 1. The Kier molecular flexibility index (Phi) is 5.54. The Morgan fingerprint density at radius 3 is 2.55 bits per heavy atom. The van der Waals surface area contributed by atoms with Crippen molar-refractivity contribution in [3.8, 4) is 0 Å². The molecule has 1 aromatic heterocycles. The fourth-order valence-electron chi connectivity index (χ4n) is 1.86. The van der Waals surface area contributed by atoms with Crippen LogP contribution in [0.25, 0.3) is 0 Å². The molecule has 0 aliphatic heterocycles. The number of nitrogen functional groups attached to an aromatic ring is 2. The van der Waals surface area contributed by atoms with Crippen molar-refractivity contribution in [2.75, 3.05) is 23.8 Å². The van der Waals surface area contributed by atoms with Crippen LogP contribution in [0.3, 0.4) is 0 Å². The van der Waals surface area contributed by atoms with Crippen LogP contribution in [-0.4, -0.2) is 33.2 Å². The number of nitrogens with zero attached hydrogens (tertiary/aromatic N) is 3. The van der Waals surface area contributed by atoms with Gasteiger partial charge in [-0.25, -0.2) is 0 Å². The van der Waals surface area contributed by atoms with E-state index in [2.05, 4.69) is 39.3 Å². The van der Waals surface area contributed by atoms with Crippen molar-refractivity contribution in [2.45, 2.75) is 18.5 Å².